The Bertz CT molecular complexity index is 366. The van der Waals surface area contributed by atoms with E-state index in [1.54, 1.807) is 11.8 Å². The zero-order valence-electron chi connectivity index (χ0n) is 12.1. The predicted molar refractivity (Wildman–Crippen MR) is 71.6 cm³/mol. The highest BCUT2D eigenvalue weighted by Gasteiger charge is 2.45. The largest absolute Gasteiger partial charge is 0.381 e. The highest BCUT2D eigenvalue weighted by Crippen LogP contribution is 2.24. The van der Waals surface area contributed by atoms with E-state index in [0.717, 1.165) is 19.4 Å². The highest BCUT2D eigenvalue weighted by molar-refractivity contribution is 5.99. The number of nitrogens with zero attached hydrogens (tertiary/aromatic N) is 1. The molecule has 0 spiro atoms. The van der Waals surface area contributed by atoms with Gasteiger partial charge in [-0.1, -0.05) is 6.92 Å². The van der Waals surface area contributed by atoms with E-state index >= 15 is 0 Å². The quantitative estimate of drug-likeness (QED) is 0.828. The smallest absolute Gasteiger partial charge is 0.248 e. The Balaban J connectivity index is 2.11. The molecule has 2 aliphatic rings. The Kier molecular flexibility index (Phi) is 4.13. The van der Waals surface area contributed by atoms with Crippen molar-refractivity contribution in [3.63, 3.8) is 0 Å². The Morgan fingerprint density at radius 2 is 2.21 bits per heavy atom. The van der Waals surface area contributed by atoms with Gasteiger partial charge in [-0.2, -0.15) is 0 Å². The molecule has 0 radical (unpaired) electrons. The van der Waals surface area contributed by atoms with E-state index < -0.39 is 5.54 Å². The number of carbonyl (C=O) groups is 2. The fourth-order valence-electron chi connectivity index (χ4n) is 2.77. The van der Waals surface area contributed by atoms with Crippen LogP contribution in [0.4, 0.5) is 0 Å². The average molecular weight is 268 g/mol. The Morgan fingerprint density at radius 3 is 2.79 bits per heavy atom. The van der Waals surface area contributed by atoms with Gasteiger partial charge in [-0.05, 0) is 39.0 Å². The minimum atomic E-state index is -0.751. The lowest BCUT2D eigenvalue weighted by Crippen LogP contribution is -2.69. The summed E-state index contributed by atoms with van der Waals surface area (Å²) in [7, 11) is 0. The molecule has 19 heavy (non-hydrogen) atoms. The first kappa shape index (κ1) is 14.3. The molecule has 108 valence electrons. The molecule has 1 N–H and O–H groups in total. The number of amides is 2. The van der Waals surface area contributed by atoms with Crippen molar-refractivity contribution in [3.8, 4) is 0 Å². The summed E-state index contributed by atoms with van der Waals surface area (Å²) in [4.78, 5) is 26.3. The standard InChI is InChI=1S/C14H24N2O3/c1-4-14(3)13(18)16(10(2)12(17)15-14)8-11-6-5-7-19-9-11/h10-11H,4-9H2,1-3H3,(H,15,17). The third-order valence-electron chi connectivity index (χ3n) is 4.40. The zero-order valence-corrected chi connectivity index (χ0v) is 12.1. The van der Waals surface area contributed by atoms with Crippen molar-refractivity contribution in [2.75, 3.05) is 19.8 Å². The van der Waals surface area contributed by atoms with E-state index in [1.807, 2.05) is 13.8 Å². The molecule has 2 saturated heterocycles. The van der Waals surface area contributed by atoms with E-state index in [4.69, 9.17) is 4.74 Å². The molecule has 3 atom stereocenters. The van der Waals surface area contributed by atoms with Crippen molar-refractivity contribution < 1.29 is 14.3 Å². The summed E-state index contributed by atoms with van der Waals surface area (Å²) in [6.45, 7) is 7.67. The highest BCUT2D eigenvalue weighted by atomic mass is 16.5. The van der Waals surface area contributed by atoms with Crippen LogP contribution in [-0.2, 0) is 14.3 Å². The molecular weight excluding hydrogens is 244 g/mol. The number of piperazine rings is 1. The first-order valence-electron chi connectivity index (χ1n) is 7.19. The fourth-order valence-corrected chi connectivity index (χ4v) is 2.77. The van der Waals surface area contributed by atoms with Crippen LogP contribution >= 0.6 is 0 Å². The molecule has 0 saturated carbocycles. The van der Waals surface area contributed by atoms with Crippen LogP contribution in [0.5, 0.6) is 0 Å². The fraction of sp³-hybridized carbons (Fsp3) is 0.857. The van der Waals surface area contributed by atoms with Crippen LogP contribution in [0.2, 0.25) is 0 Å². The number of hydrogen-bond donors (Lipinski definition) is 1. The molecule has 2 amide bonds. The van der Waals surface area contributed by atoms with E-state index in [0.29, 0.717) is 25.5 Å². The van der Waals surface area contributed by atoms with Crippen LogP contribution in [0.15, 0.2) is 0 Å². The number of nitrogens with one attached hydrogen (secondary N) is 1. The second kappa shape index (κ2) is 5.49. The molecule has 0 aromatic carbocycles. The molecule has 5 heteroatoms. The van der Waals surface area contributed by atoms with Crippen molar-refractivity contribution >= 4 is 11.8 Å². The van der Waals surface area contributed by atoms with Gasteiger partial charge in [0.1, 0.15) is 11.6 Å². The van der Waals surface area contributed by atoms with Gasteiger partial charge in [-0.15, -0.1) is 0 Å². The molecule has 3 unspecified atom stereocenters. The topological polar surface area (TPSA) is 58.6 Å². The zero-order chi connectivity index (χ0) is 14.0. The van der Waals surface area contributed by atoms with E-state index in [-0.39, 0.29) is 17.9 Å². The summed E-state index contributed by atoms with van der Waals surface area (Å²) in [5, 5.41) is 2.85. The minimum Gasteiger partial charge on any atom is -0.381 e. The average Bonchev–Trinajstić information content (AvgIpc) is 2.42. The molecule has 0 aliphatic carbocycles. The van der Waals surface area contributed by atoms with Gasteiger partial charge in [0, 0.05) is 13.2 Å². The number of hydrogen-bond acceptors (Lipinski definition) is 3. The summed E-state index contributed by atoms with van der Waals surface area (Å²) in [6, 6.07) is -0.381. The van der Waals surface area contributed by atoms with E-state index in [2.05, 4.69) is 5.32 Å². The van der Waals surface area contributed by atoms with Crippen molar-refractivity contribution in [2.24, 2.45) is 5.92 Å². The Hall–Kier alpha value is -1.10. The van der Waals surface area contributed by atoms with Crippen molar-refractivity contribution in [1.82, 2.24) is 10.2 Å². The third-order valence-corrected chi connectivity index (χ3v) is 4.40. The van der Waals surface area contributed by atoms with Gasteiger partial charge in [0.25, 0.3) is 0 Å². The van der Waals surface area contributed by atoms with Gasteiger partial charge in [-0.3, -0.25) is 9.59 Å². The van der Waals surface area contributed by atoms with Gasteiger partial charge in [0.15, 0.2) is 0 Å². The lowest BCUT2D eigenvalue weighted by atomic mass is 9.90. The molecule has 0 bridgehead atoms. The maximum atomic E-state index is 12.6. The maximum absolute atomic E-state index is 12.6. The van der Waals surface area contributed by atoms with Crippen LogP contribution in [0.1, 0.15) is 40.0 Å². The summed E-state index contributed by atoms with van der Waals surface area (Å²) in [5.74, 6) is 0.334. The maximum Gasteiger partial charge on any atom is 0.248 e. The van der Waals surface area contributed by atoms with Crippen LogP contribution in [-0.4, -0.2) is 48.1 Å². The first-order chi connectivity index (χ1) is 8.98. The van der Waals surface area contributed by atoms with Crippen LogP contribution in [0, 0.1) is 5.92 Å². The first-order valence-corrected chi connectivity index (χ1v) is 7.19. The predicted octanol–water partition coefficient (Wildman–Crippen LogP) is 0.929. The second-order valence-electron chi connectivity index (χ2n) is 5.89. The molecule has 0 aromatic heterocycles. The van der Waals surface area contributed by atoms with Gasteiger partial charge in [-0.25, -0.2) is 0 Å². The normalized spacial score (nSPS) is 36.3. The molecular formula is C14H24N2O3. The van der Waals surface area contributed by atoms with Gasteiger partial charge < -0.3 is 15.0 Å². The SMILES string of the molecule is CCC1(C)NC(=O)C(C)N(CC2CCCOC2)C1=O. The lowest BCUT2D eigenvalue weighted by Gasteiger charge is -2.44. The summed E-state index contributed by atoms with van der Waals surface area (Å²) >= 11 is 0. The van der Waals surface area contributed by atoms with E-state index in [1.165, 1.54) is 0 Å². The summed E-state index contributed by atoms with van der Waals surface area (Å²) < 4.78 is 5.46. The molecule has 2 rings (SSSR count). The molecule has 2 fully saturated rings. The van der Waals surface area contributed by atoms with Crippen molar-refractivity contribution in [2.45, 2.75) is 51.6 Å². The molecule has 0 aromatic rings. The Labute approximate surface area is 114 Å². The van der Waals surface area contributed by atoms with Gasteiger partial charge >= 0.3 is 0 Å². The number of carbonyl (C=O) groups excluding carboxylic acids is 2. The van der Waals surface area contributed by atoms with Crippen LogP contribution in [0.3, 0.4) is 0 Å². The lowest BCUT2D eigenvalue weighted by molar-refractivity contribution is -0.155. The molecule has 2 aliphatic heterocycles. The van der Waals surface area contributed by atoms with Gasteiger partial charge in [0.2, 0.25) is 11.8 Å². The third kappa shape index (κ3) is 2.76. The summed E-state index contributed by atoms with van der Waals surface area (Å²) in [6.07, 6.45) is 2.72. The second-order valence-corrected chi connectivity index (χ2v) is 5.89. The van der Waals surface area contributed by atoms with E-state index in [9.17, 15) is 9.59 Å². The van der Waals surface area contributed by atoms with Gasteiger partial charge in [0.05, 0.1) is 6.61 Å². The number of rotatable bonds is 3. The minimum absolute atomic E-state index is 0.0349. The molecule has 5 nitrogen and oxygen atoms in total. The van der Waals surface area contributed by atoms with Crippen LogP contribution < -0.4 is 5.32 Å². The molecule has 2 heterocycles. The monoisotopic (exact) mass is 268 g/mol. The summed E-state index contributed by atoms with van der Waals surface area (Å²) in [5.41, 5.74) is -0.751. The van der Waals surface area contributed by atoms with Crippen molar-refractivity contribution in [3.05, 3.63) is 0 Å². The van der Waals surface area contributed by atoms with Crippen molar-refractivity contribution in [1.29, 1.82) is 0 Å². The Morgan fingerprint density at radius 1 is 1.47 bits per heavy atom. The van der Waals surface area contributed by atoms with Crippen LogP contribution in [0.25, 0.3) is 0 Å². The number of ether oxygens (including phenoxy) is 1.